The number of aryl methyl sites for hydroxylation is 1. The van der Waals surface area contributed by atoms with Crippen LogP contribution in [0.4, 0.5) is 13.2 Å². The Bertz CT molecular complexity index is 1000. The number of thiophene rings is 1. The highest BCUT2D eigenvalue weighted by molar-refractivity contribution is 7.88. The fraction of sp³-hybridized carbons (Fsp3) is 0.250. The minimum atomic E-state index is -5.71. The van der Waals surface area contributed by atoms with Gasteiger partial charge in [0, 0.05) is 15.5 Å². The number of alkyl halides is 3. The van der Waals surface area contributed by atoms with Gasteiger partial charge in [-0.1, -0.05) is 43.7 Å². The molecule has 0 bridgehead atoms. The predicted molar refractivity (Wildman–Crippen MR) is 88.9 cm³/mol. The van der Waals surface area contributed by atoms with E-state index in [2.05, 4.69) is 4.18 Å². The van der Waals surface area contributed by atoms with Crippen LogP contribution in [0.2, 0.25) is 0 Å². The van der Waals surface area contributed by atoms with Crippen molar-refractivity contribution in [1.82, 2.24) is 0 Å². The van der Waals surface area contributed by atoms with Crippen LogP contribution in [0.5, 0.6) is 5.75 Å². The normalized spacial score (nSPS) is 12.8. The van der Waals surface area contributed by atoms with E-state index < -0.39 is 15.6 Å². The minimum absolute atomic E-state index is 0.215. The van der Waals surface area contributed by atoms with Crippen molar-refractivity contribution in [3.05, 3.63) is 42.0 Å². The molecule has 0 aliphatic rings. The second-order valence-corrected chi connectivity index (χ2v) is 7.85. The lowest BCUT2D eigenvalue weighted by Crippen LogP contribution is -2.28. The summed E-state index contributed by atoms with van der Waals surface area (Å²) >= 11 is 1.22. The number of halogens is 3. The number of hydrogen-bond acceptors (Lipinski definition) is 4. The molecule has 3 rings (SSSR count). The SMILES string of the molecule is CCCc1ccc2c(sc3ccccc32)c1OS(=O)(=O)C(F)(F)F. The maximum absolute atomic E-state index is 12.7. The van der Waals surface area contributed by atoms with Crippen LogP contribution in [0, 0.1) is 0 Å². The van der Waals surface area contributed by atoms with E-state index in [1.165, 1.54) is 11.3 Å². The maximum Gasteiger partial charge on any atom is 0.534 e. The van der Waals surface area contributed by atoms with E-state index in [0.717, 1.165) is 10.1 Å². The molecule has 2 aromatic carbocycles. The Hall–Kier alpha value is -1.80. The van der Waals surface area contributed by atoms with Crippen molar-refractivity contribution in [3.63, 3.8) is 0 Å². The molecule has 128 valence electrons. The van der Waals surface area contributed by atoms with Crippen LogP contribution in [0.3, 0.4) is 0 Å². The third-order valence-electron chi connectivity index (χ3n) is 3.58. The molecule has 0 radical (unpaired) electrons. The molecule has 1 aromatic heterocycles. The first kappa shape index (κ1) is 17.0. The number of hydrogen-bond donors (Lipinski definition) is 0. The lowest BCUT2D eigenvalue weighted by atomic mass is 10.1. The van der Waals surface area contributed by atoms with Gasteiger partial charge in [0.05, 0.1) is 4.70 Å². The molecule has 0 saturated carbocycles. The molecular formula is C16H13F3O3S2. The van der Waals surface area contributed by atoms with Gasteiger partial charge in [-0.25, -0.2) is 0 Å². The minimum Gasteiger partial charge on any atom is -0.374 e. The van der Waals surface area contributed by atoms with E-state index in [0.29, 0.717) is 28.5 Å². The predicted octanol–water partition coefficient (Wildman–Crippen LogP) is 5.24. The number of rotatable bonds is 4. The highest BCUT2D eigenvalue weighted by atomic mass is 32.2. The lowest BCUT2D eigenvalue weighted by Gasteiger charge is -2.13. The smallest absolute Gasteiger partial charge is 0.374 e. The van der Waals surface area contributed by atoms with Gasteiger partial charge >= 0.3 is 15.6 Å². The summed E-state index contributed by atoms with van der Waals surface area (Å²) in [6, 6.07) is 10.7. The van der Waals surface area contributed by atoms with Crippen LogP contribution in [-0.4, -0.2) is 13.9 Å². The van der Waals surface area contributed by atoms with Gasteiger partial charge < -0.3 is 4.18 Å². The zero-order valence-corrected chi connectivity index (χ0v) is 14.2. The Morgan fingerprint density at radius 1 is 1.08 bits per heavy atom. The third-order valence-corrected chi connectivity index (χ3v) is 5.72. The standard InChI is InChI=1S/C16H13F3O3S2/c1-2-5-10-8-9-12-11-6-3-4-7-13(11)23-15(12)14(10)22-24(20,21)16(17,18)19/h3-4,6-9H,2,5H2,1H3. The molecule has 1 heterocycles. The lowest BCUT2D eigenvalue weighted by molar-refractivity contribution is -0.0499. The van der Waals surface area contributed by atoms with E-state index in [9.17, 15) is 21.6 Å². The Morgan fingerprint density at radius 3 is 2.46 bits per heavy atom. The van der Waals surface area contributed by atoms with Crippen LogP contribution in [0.1, 0.15) is 18.9 Å². The second kappa shape index (κ2) is 5.93. The first-order chi connectivity index (χ1) is 11.2. The van der Waals surface area contributed by atoms with Gasteiger partial charge in [0.1, 0.15) is 0 Å². The molecule has 0 amide bonds. The third kappa shape index (κ3) is 2.84. The summed E-state index contributed by atoms with van der Waals surface area (Å²) < 4.78 is 67.0. The molecule has 0 unspecified atom stereocenters. The van der Waals surface area contributed by atoms with E-state index in [1.807, 2.05) is 31.2 Å². The molecule has 8 heteroatoms. The fourth-order valence-corrected chi connectivity index (χ4v) is 4.28. The summed E-state index contributed by atoms with van der Waals surface area (Å²) in [5.41, 5.74) is -5.01. The molecule has 0 atom stereocenters. The first-order valence-corrected chi connectivity index (χ1v) is 9.41. The maximum atomic E-state index is 12.7. The van der Waals surface area contributed by atoms with Gasteiger partial charge in [0.25, 0.3) is 0 Å². The fourth-order valence-electron chi connectivity index (χ4n) is 2.52. The average molecular weight is 374 g/mol. The van der Waals surface area contributed by atoms with Crippen molar-refractivity contribution < 1.29 is 25.8 Å². The summed E-state index contributed by atoms with van der Waals surface area (Å²) in [6.07, 6.45) is 1.08. The number of fused-ring (bicyclic) bond motifs is 3. The van der Waals surface area contributed by atoms with Gasteiger partial charge in [-0.15, -0.1) is 11.3 Å². The molecule has 0 saturated heterocycles. The van der Waals surface area contributed by atoms with Crippen LogP contribution in [0.25, 0.3) is 20.2 Å². The van der Waals surface area contributed by atoms with Gasteiger partial charge in [-0.3, -0.25) is 0 Å². The molecule has 0 N–H and O–H groups in total. The Labute approximate surface area is 140 Å². The quantitative estimate of drug-likeness (QED) is 0.464. The topological polar surface area (TPSA) is 43.4 Å². The molecule has 24 heavy (non-hydrogen) atoms. The summed E-state index contributed by atoms with van der Waals surface area (Å²) in [5, 5.41) is 1.54. The van der Waals surface area contributed by atoms with Crippen molar-refractivity contribution in [2.24, 2.45) is 0 Å². The average Bonchev–Trinajstić information content (AvgIpc) is 2.87. The zero-order valence-electron chi connectivity index (χ0n) is 12.6. The van der Waals surface area contributed by atoms with Gasteiger partial charge in [-0.05, 0) is 18.1 Å². The molecule has 0 aliphatic carbocycles. The summed E-state index contributed by atoms with van der Waals surface area (Å²) in [7, 11) is -5.71. The monoisotopic (exact) mass is 374 g/mol. The van der Waals surface area contributed by atoms with E-state index in [-0.39, 0.29) is 5.75 Å². The first-order valence-electron chi connectivity index (χ1n) is 7.18. The van der Waals surface area contributed by atoms with E-state index >= 15 is 0 Å². The second-order valence-electron chi connectivity index (χ2n) is 5.26. The van der Waals surface area contributed by atoms with Crippen molar-refractivity contribution >= 4 is 41.6 Å². The summed E-state index contributed by atoms with van der Waals surface area (Å²) in [4.78, 5) is 0. The Kier molecular flexibility index (Phi) is 4.21. The summed E-state index contributed by atoms with van der Waals surface area (Å²) in [6.45, 7) is 1.86. The molecule has 0 aliphatic heterocycles. The van der Waals surface area contributed by atoms with Crippen LogP contribution in [0.15, 0.2) is 36.4 Å². The van der Waals surface area contributed by atoms with E-state index in [4.69, 9.17) is 0 Å². The van der Waals surface area contributed by atoms with Crippen LogP contribution < -0.4 is 4.18 Å². The molecule has 3 aromatic rings. The molecule has 0 fully saturated rings. The highest BCUT2D eigenvalue weighted by Crippen LogP contribution is 2.43. The highest BCUT2D eigenvalue weighted by Gasteiger charge is 2.49. The van der Waals surface area contributed by atoms with Crippen LogP contribution in [-0.2, 0) is 16.5 Å². The number of benzene rings is 2. The Morgan fingerprint density at radius 2 is 1.79 bits per heavy atom. The van der Waals surface area contributed by atoms with Crippen molar-refractivity contribution in [1.29, 1.82) is 0 Å². The van der Waals surface area contributed by atoms with E-state index in [1.54, 1.807) is 12.1 Å². The zero-order chi connectivity index (χ0) is 17.5. The molecule has 0 spiro atoms. The van der Waals surface area contributed by atoms with Gasteiger partial charge in [0.15, 0.2) is 5.75 Å². The van der Waals surface area contributed by atoms with Gasteiger partial charge in [0.2, 0.25) is 0 Å². The van der Waals surface area contributed by atoms with Crippen LogP contribution >= 0.6 is 11.3 Å². The Balaban J connectivity index is 2.28. The van der Waals surface area contributed by atoms with Gasteiger partial charge in [-0.2, -0.15) is 21.6 Å². The largest absolute Gasteiger partial charge is 0.534 e. The van der Waals surface area contributed by atoms with Crippen molar-refractivity contribution in [2.45, 2.75) is 25.3 Å². The summed E-state index contributed by atoms with van der Waals surface area (Å²) in [5.74, 6) is -0.215. The molecular weight excluding hydrogens is 361 g/mol. The molecule has 3 nitrogen and oxygen atoms in total. The van der Waals surface area contributed by atoms with Crippen molar-refractivity contribution in [2.75, 3.05) is 0 Å². The van der Waals surface area contributed by atoms with Crippen molar-refractivity contribution in [3.8, 4) is 5.75 Å².